The fourth-order valence-corrected chi connectivity index (χ4v) is 4.62. The smallest absolute Gasteiger partial charge is 0.253 e. The van der Waals surface area contributed by atoms with E-state index in [-0.39, 0.29) is 11.8 Å². The van der Waals surface area contributed by atoms with E-state index >= 15 is 0 Å². The fourth-order valence-electron chi connectivity index (χ4n) is 4.62. The van der Waals surface area contributed by atoms with Crippen LogP contribution in [0.15, 0.2) is 33.9 Å². The molecule has 7 nitrogen and oxygen atoms in total. The summed E-state index contributed by atoms with van der Waals surface area (Å²) in [4.78, 5) is 38.7. The number of aryl methyl sites for hydroxylation is 1. The maximum absolute atomic E-state index is 12.7. The van der Waals surface area contributed by atoms with Crippen molar-refractivity contribution in [3.63, 3.8) is 0 Å². The molecule has 2 aliphatic rings. The summed E-state index contributed by atoms with van der Waals surface area (Å²) in [7, 11) is 0. The molecule has 0 unspecified atom stereocenters. The van der Waals surface area contributed by atoms with Gasteiger partial charge in [-0.2, -0.15) is 0 Å². The number of carbonyl (C=O) groups excluding carboxylic acids is 1. The first-order valence-electron chi connectivity index (χ1n) is 11.4. The molecule has 166 valence electrons. The van der Waals surface area contributed by atoms with E-state index < -0.39 is 10.9 Å². The van der Waals surface area contributed by atoms with Crippen molar-refractivity contribution in [3.8, 4) is 0 Å². The molecule has 0 radical (unpaired) electrons. The summed E-state index contributed by atoms with van der Waals surface area (Å²) in [6.07, 6.45) is 4.49. The summed E-state index contributed by atoms with van der Waals surface area (Å²) >= 11 is 0. The average Bonchev–Trinajstić information content (AvgIpc) is 2.82. The SMILES string of the molecule is CCc1cccc(NC(=O)C2CCC(CNc3c(N4CCOCC4)c(=O)c3=O)CC2)c1. The number of carbonyl (C=O) groups is 1. The second-order valence-electron chi connectivity index (χ2n) is 8.62. The Balaban J connectivity index is 1.26. The molecule has 2 fully saturated rings. The Bertz CT molecular complexity index is 981. The first kappa shape index (κ1) is 21.6. The van der Waals surface area contributed by atoms with Gasteiger partial charge in [0.25, 0.3) is 10.9 Å². The number of hydrogen-bond acceptors (Lipinski definition) is 6. The van der Waals surface area contributed by atoms with Crippen molar-refractivity contribution in [1.82, 2.24) is 0 Å². The van der Waals surface area contributed by atoms with Crippen LogP contribution in [0.4, 0.5) is 17.1 Å². The molecule has 1 aliphatic heterocycles. The van der Waals surface area contributed by atoms with Crippen LogP contribution >= 0.6 is 0 Å². The molecule has 0 atom stereocenters. The predicted octanol–water partition coefficient (Wildman–Crippen LogP) is 2.54. The summed E-state index contributed by atoms with van der Waals surface area (Å²) in [6.45, 7) is 5.19. The van der Waals surface area contributed by atoms with Crippen LogP contribution in [0, 0.1) is 11.8 Å². The Morgan fingerprint density at radius 1 is 1.10 bits per heavy atom. The van der Waals surface area contributed by atoms with Crippen LogP contribution in [0.5, 0.6) is 0 Å². The molecule has 1 saturated heterocycles. The van der Waals surface area contributed by atoms with E-state index in [0.717, 1.165) is 37.8 Å². The molecule has 4 rings (SSSR count). The first-order valence-corrected chi connectivity index (χ1v) is 11.4. The van der Waals surface area contributed by atoms with Gasteiger partial charge in [0.1, 0.15) is 11.4 Å². The maximum atomic E-state index is 12.7. The molecule has 7 heteroatoms. The van der Waals surface area contributed by atoms with Crippen molar-refractivity contribution >= 4 is 23.0 Å². The summed E-state index contributed by atoms with van der Waals surface area (Å²) in [5, 5.41) is 6.30. The van der Waals surface area contributed by atoms with E-state index in [0.29, 0.717) is 50.1 Å². The molecular weight excluding hydrogens is 394 g/mol. The molecule has 2 N–H and O–H groups in total. The number of hydrogen-bond donors (Lipinski definition) is 2. The number of ether oxygens (including phenoxy) is 1. The van der Waals surface area contributed by atoms with Gasteiger partial charge in [0.2, 0.25) is 5.91 Å². The molecule has 1 aliphatic carbocycles. The van der Waals surface area contributed by atoms with Crippen molar-refractivity contribution in [2.75, 3.05) is 48.4 Å². The van der Waals surface area contributed by atoms with E-state index in [2.05, 4.69) is 23.6 Å². The highest BCUT2D eigenvalue weighted by Gasteiger charge is 2.29. The summed E-state index contributed by atoms with van der Waals surface area (Å²) in [6, 6.07) is 8.00. The van der Waals surface area contributed by atoms with Crippen molar-refractivity contribution in [2.45, 2.75) is 39.0 Å². The lowest BCUT2D eigenvalue weighted by Crippen LogP contribution is -2.47. The number of amides is 1. The quantitative estimate of drug-likeness (QED) is 0.663. The number of anilines is 3. The van der Waals surface area contributed by atoms with Gasteiger partial charge in [0, 0.05) is 31.2 Å². The van der Waals surface area contributed by atoms with Gasteiger partial charge >= 0.3 is 0 Å². The number of benzene rings is 1. The van der Waals surface area contributed by atoms with E-state index in [4.69, 9.17) is 4.74 Å². The summed E-state index contributed by atoms with van der Waals surface area (Å²) < 4.78 is 5.34. The third-order valence-electron chi connectivity index (χ3n) is 6.60. The number of nitrogens with one attached hydrogen (secondary N) is 2. The van der Waals surface area contributed by atoms with Crippen molar-refractivity contribution in [2.24, 2.45) is 11.8 Å². The predicted molar refractivity (Wildman–Crippen MR) is 123 cm³/mol. The molecule has 0 spiro atoms. The Morgan fingerprint density at radius 2 is 1.84 bits per heavy atom. The van der Waals surface area contributed by atoms with Gasteiger partial charge in [-0.25, -0.2) is 0 Å². The van der Waals surface area contributed by atoms with Gasteiger partial charge in [-0.15, -0.1) is 0 Å². The highest BCUT2D eigenvalue weighted by molar-refractivity contribution is 5.92. The molecule has 1 heterocycles. The monoisotopic (exact) mass is 425 g/mol. The fraction of sp³-hybridized carbons (Fsp3) is 0.542. The summed E-state index contributed by atoms with van der Waals surface area (Å²) in [5.41, 5.74) is 2.25. The largest absolute Gasteiger partial charge is 0.380 e. The lowest BCUT2D eigenvalue weighted by molar-refractivity contribution is -0.121. The first-order chi connectivity index (χ1) is 15.1. The van der Waals surface area contributed by atoms with Crippen LogP contribution in [0.2, 0.25) is 0 Å². The maximum Gasteiger partial charge on any atom is 0.253 e. The van der Waals surface area contributed by atoms with Crippen LogP contribution in [0.1, 0.15) is 38.2 Å². The Morgan fingerprint density at radius 3 is 2.55 bits per heavy atom. The molecule has 31 heavy (non-hydrogen) atoms. The Labute approximate surface area is 182 Å². The molecule has 2 aromatic rings. The lowest BCUT2D eigenvalue weighted by atomic mass is 9.81. The van der Waals surface area contributed by atoms with Gasteiger partial charge in [0.05, 0.1) is 13.2 Å². The number of morpholine rings is 1. The second-order valence-corrected chi connectivity index (χ2v) is 8.62. The van der Waals surface area contributed by atoms with E-state index in [1.54, 1.807) is 0 Å². The zero-order valence-electron chi connectivity index (χ0n) is 18.1. The number of nitrogens with zero attached hydrogens (tertiary/aromatic N) is 1. The zero-order valence-corrected chi connectivity index (χ0v) is 18.1. The van der Waals surface area contributed by atoms with Gasteiger partial charge in [-0.05, 0) is 55.7 Å². The number of rotatable bonds is 7. The minimum Gasteiger partial charge on any atom is -0.380 e. The molecule has 1 saturated carbocycles. The van der Waals surface area contributed by atoms with Crippen molar-refractivity contribution in [3.05, 3.63) is 50.3 Å². The molecule has 0 bridgehead atoms. The van der Waals surface area contributed by atoms with Gasteiger partial charge in [-0.1, -0.05) is 19.1 Å². The van der Waals surface area contributed by atoms with Gasteiger partial charge in [0.15, 0.2) is 0 Å². The molecule has 1 amide bonds. The van der Waals surface area contributed by atoms with E-state index in [1.165, 1.54) is 5.56 Å². The van der Waals surface area contributed by atoms with Crippen molar-refractivity contribution < 1.29 is 9.53 Å². The van der Waals surface area contributed by atoms with Crippen LogP contribution in [-0.4, -0.2) is 38.8 Å². The summed E-state index contributed by atoms with van der Waals surface area (Å²) in [5.74, 6) is 0.516. The Hall–Kier alpha value is -2.67. The minimum atomic E-state index is -0.413. The van der Waals surface area contributed by atoms with Gasteiger partial charge in [-0.3, -0.25) is 14.4 Å². The Kier molecular flexibility index (Phi) is 6.70. The second kappa shape index (κ2) is 9.64. The normalized spacial score (nSPS) is 21.8. The molecule has 2 aromatic carbocycles. The van der Waals surface area contributed by atoms with Crippen LogP contribution in [0.25, 0.3) is 0 Å². The average molecular weight is 426 g/mol. The molecule has 0 aromatic heterocycles. The van der Waals surface area contributed by atoms with Crippen LogP contribution in [-0.2, 0) is 16.0 Å². The van der Waals surface area contributed by atoms with Crippen LogP contribution in [0.3, 0.4) is 0 Å². The zero-order chi connectivity index (χ0) is 21.8. The van der Waals surface area contributed by atoms with E-state index in [9.17, 15) is 14.4 Å². The minimum absolute atomic E-state index is 0.0246. The highest BCUT2D eigenvalue weighted by atomic mass is 16.5. The third-order valence-corrected chi connectivity index (χ3v) is 6.60. The third kappa shape index (κ3) is 4.82. The lowest BCUT2D eigenvalue weighted by Gasteiger charge is -2.32. The van der Waals surface area contributed by atoms with Crippen molar-refractivity contribution in [1.29, 1.82) is 0 Å². The van der Waals surface area contributed by atoms with Crippen LogP contribution < -0.4 is 26.4 Å². The topological polar surface area (TPSA) is 87.7 Å². The van der Waals surface area contributed by atoms with Gasteiger partial charge < -0.3 is 20.3 Å². The van der Waals surface area contributed by atoms with E-state index in [1.807, 2.05) is 23.1 Å². The molecular formula is C24H31N3O4. The highest BCUT2D eigenvalue weighted by Crippen LogP contribution is 2.31. The standard InChI is InChI=1S/C24H31N3O4/c1-2-16-4-3-5-19(14-16)26-24(30)18-8-6-17(7-9-18)15-25-20-21(23(29)22(20)28)27-10-12-31-13-11-27/h3-5,14,17-18,25H,2,6-13,15H2,1H3,(H,26,30).